The van der Waals surface area contributed by atoms with Crippen LogP contribution in [0.1, 0.15) is 34.9 Å². The Morgan fingerprint density at radius 3 is 2.50 bits per heavy atom. The number of fused-ring (bicyclic) bond motifs is 1. The van der Waals surface area contributed by atoms with Crippen molar-refractivity contribution in [3.8, 4) is 0 Å². The highest BCUT2D eigenvalue weighted by atomic mass is 32.1. The third-order valence-corrected chi connectivity index (χ3v) is 7.61. The van der Waals surface area contributed by atoms with Gasteiger partial charge in [0.1, 0.15) is 42.4 Å². The highest BCUT2D eigenvalue weighted by Gasteiger charge is 2.44. The van der Waals surface area contributed by atoms with Crippen LogP contribution in [-0.2, 0) is 16.0 Å². The summed E-state index contributed by atoms with van der Waals surface area (Å²) in [5, 5.41) is 51.9. The van der Waals surface area contributed by atoms with E-state index in [4.69, 9.17) is 9.84 Å². The Morgan fingerprint density at radius 2 is 1.86 bits per heavy atom. The van der Waals surface area contributed by atoms with Crippen LogP contribution < -0.4 is 5.32 Å². The molecule has 1 aromatic heterocycles. The molecule has 5 rings (SSSR count). The first-order chi connectivity index (χ1) is 17.3. The number of halogens is 1. The van der Waals surface area contributed by atoms with E-state index >= 15 is 0 Å². The van der Waals surface area contributed by atoms with Gasteiger partial charge in [-0.25, -0.2) is 4.39 Å². The predicted molar refractivity (Wildman–Crippen MR) is 132 cm³/mol. The van der Waals surface area contributed by atoms with Crippen molar-refractivity contribution < 1.29 is 39.5 Å². The van der Waals surface area contributed by atoms with Crippen molar-refractivity contribution in [2.24, 2.45) is 0 Å². The highest BCUT2D eigenvalue weighted by molar-refractivity contribution is 7.19. The van der Waals surface area contributed by atoms with Gasteiger partial charge in [-0.3, -0.25) is 4.79 Å². The molecule has 8 nitrogen and oxygen atoms in total. The van der Waals surface area contributed by atoms with Gasteiger partial charge in [0.2, 0.25) is 0 Å². The van der Waals surface area contributed by atoms with Gasteiger partial charge in [0.25, 0.3) is 0 Å². The first-order valence-electron chi connectivity index (χ1n) is 11.8. The standard InChI is InChI=1S/C21H21FO5S.C5H9NO2/c22-15-6-5-12(21-20(26)19(25)18(24)16(10-23)27-21)7-13(15)9-14-8-11-3-1-2-4-17(11)28-14;7-5(8)4-2-1-3-6-4/h1-8,16,18-21,23-26H,9-10H2;4,6H,1-3H2,(H,7,8)/t16-,18-,19+,20-,21?;4-/m10/s1. The zero-order valence-electron chi connectivity index (χ0n) is 19.5. The van der Waals surface area contributed by atoms with Gasteiger partial charge < -0.3 is 35.6 Å². The minimum atomic E-state index is -1.47. The van der Waals surface area contributed by atoms with Crippen LogP contribution in [0.4, 0.5) is 4.39 Å². The molecule has 2 saturated heterocycles. The molecular formula is C26H30FNO7S. The number of carboxylic acids is 1. The zero-order valence-corrected chi connectivity index (χ0v) is 20.3. The summed E-state index contributed by atoms with van der Waals surface area (Å²) in [5.74, 6) is -1.09. The second kappa shape index (κ2) is 11.7. The average Bonchev–Trinajstić information content (AvgIpc) is 3.55. The van der Waals surface area contributed by atoms with Crippen molar-refractivity contribution in [1.29, 1.82) is 0 Å². The molecule has 0 aliphatic carbocycles. The van der Waals surface area contributed by atoms with Gasteiger partial charge in [0.05, 0.1) is 6.61 Å². The van der Waals surface area contributed by atoms with Crippen LogP contribution >= 0.6 is 11.3 Å². The summed E-state index contributed by atoms with van der Waals surface area (Å²) in [6, 6.07) is 14.1. The van der Waals surface area contributed by atoms with Crippen LogP contribution in [0.2, 0.25) is 0 Å². The molecule has 0 bridgehead atoms. The number of carbonyl (C=O) groups is 1. The van der Waals surface area contributed by atoms with E-state index in [1.54, 1.807) is 17.4 Å². The van der Waals surface area contributed by atoms with E-state index in [9.17, 15) is 29.6 Å². The number of ether oxygens (including phenoxy) is 1. The fraction of sp³-hybridized carbons (Fsp3) is 0.423. The van der Waals surface area contributed by atoms with E-state index < -0.39 is 43.1 Å². The van der Waals surface area contributed by atoms with Crippen molar-refractivity contribution in [2.75, 3.05) is 13.2 Å². The Bertz CT molecular complexity index is 1150. The van der Waals surface area contributed by atoms with Crippen molar-refractivity contribution in [1.82, 2.24) is 5.32 Å². The summed E-state index contributed by atoms with van der Waals surface area (Å²) in [7, 11) is 0. The van der Waals surface area contributed by atoms with Crippen molar-refractivity contribution in [2.45, 2.75) is 55.8 Å². The number of nitrogens with one attached hydrogen (secondary N) is 1. The molecular weight excluding hydrogens is 489 g/mol. The van der Waals surface area contributed by atoms with Gasteiger partial charge in [-0.1, -0.05) is 24.3 Å². The SMILES string of the molecule is O=C(O)[C@@H]1CCCN1.OC[C@H]1OC(c2ccc(F)c(Cc3cc4ccccc4s3)c2)[C@H](O)[C@@H](O)[C@@H]1O. The Kier molecular flexibility index (Phi) is 8.68. The molecule has 2 aromatic carbocycles. The lowest BCUT2D eigenvalue weighted by molar-refractivity contribution is -0.231. The number of benzene rings is 2. The van der Waals surface area contributed by atoms with Crippen molar-refractivity contribution >= 4 is 27.4 Å². The van der Waals surface area contributed by atoms with E-state index in [2.05, 4.69) is 5.32 Å². The number of thiophene rings is 1. The number of carboxylic acid groups (broad SMARTS) is 1. The zero-order chi connectivity index (χ0) is 25.8. The third-order valence-electron chi connectivity index (χ3n) is 6.49. The molecule has 3 aromatic rings. The lowest BCUT2D eigenvalue weighted by atomic mass is 9.90. The van der Waals surface area contributed by atoms with Gasteiger partial charge in [-0.05, 0) is 60.2 Å². The number of aliphatic hydroxyl groups is 4. The van der Waals surface area contributed by atoms with E-state index in [0.29, 0.717) is 17.5 Å². The minimum Gasteiger partial charge on any atom is -0.480 e. The second-order valence-electron chi connectivity index (χ2n) is 9.01. The molecule has 2 fully saturated rings. The maximum atomic E-state index is 14.4. The molecule has 2 aliphatic rings. The van der Waals surface area contributed by atoms with Gasteiger partial charge in [0.15, 0.2) is 0 Å². The second-order valence-corrected chi connectivity index (χ2v) is 10.2. The normalized spacial score (nSPS) is 28.0. The van der Waals surface area contributed by atoms with Crippen LogP contribution in [0, 0.1) is 5.82 Å². The number of hydrogen-bond donors (Lipinski definition) is 6. The maximum absolute atomic E-state index is 14.4. The van der Waals surface area contributed by atoms with Gasteiger partial charge >= 0.3 is 5.97 Å². The van der Waals surface area contributed by atoms with E-state index in [-0.39, 0.29) is 11.9 Å². The van der Waals surface area contributed by atoms with E-state index in [0.717, 1.165) is 34.3 Å². The Morgan fingerprint density at radius 1 is 1.08 bits per heavy atom. The first kappa shape index (κ1) is 26.6. The maximum Gasteiger partial charge on any atom is 0.320 e. The van der Waals surface area contributed by atoms with Gasteiger partial charge in [0, 0.05) is 16.0 Å². The van der Waals surface area contributed by atoms with E-state index in [1.165, 1.54) is 12.1 Å². The van der Waals surface area contributed by atoms with Crippen molar-refractivity contribution in [3.05, 3.63) is 70.4 Å². The molecule has 0 spiro atoms. The molecule has 6 N–H and O–H groups in total. The summed E-state index contributed by atoms with van der Waals surface area (Å²) in [4.78, 5) is 11.1. The fourth-order valence-corrected chi connectivity index (χ4v) is 5.58. The average molecular weight is 520 g/mol. The molecule has 3 heterocycles. The number of aliphatic hydroxyl groups excluding tert-OH is 4. The quantitative estimate of drug-likeness (QED) is 0.301. The molecule has 36 heavy (non-hydrogen) atoms. The fourth-order valence-electron chi connectivity index (χ4n) is 4.49. The third kappa shape index (κ3) is 5.92. The lowest BCUT2D eigenvalue weighted by Gasteiger charge is -2.40. The number of aliphatic carboxylic acids is 1. The Hall–Kier alpha value is -2.44. The minimum absolute atomic E-state index is 0.269. The summed E-state index contributed by atoms with van der Waals surface area (Å²) in [6.07, 6.45) is -4.08. The van der Waals surface area contributed by atoms with Gasteiger partial charge in [-0.2, -0.15) is 0 Å². The summed E-state index contributed by atoms with van der Waals surface area (Å²) >= 11 is 1.59. The van der Waals surface area contributed by atoms with Crippen molar-refractivity contribution in [3.63, 3.8) is 0 Å². The van der Waals surface area contributed by atoms with Crippen LogP contribution in [0.3, 0.4) is 0 Å². The molecule has 0 amide bonds. The molecule has 6 atom stereocenters. The number of rotatable bonds is 5. The lowest BCUT2D eigenvalue weighted by Crippen LogP contribution is -2.55. The largest absolute Gasteiger partial charge is 0.480 e. The molecule has 10 heteroatoms. The molecule has 194 valence electrons. The smallest absolute Gasteiger partial charge is 0.320 e. The predicted octanol–water partition coefficient (Wildman–Crippen LogP) is 1.97. The van der Waals surface area contributed by atoms with Crippen LogP contribution in [0.25, 0.3) is 10.1 Å². The monoisotopic (exact) mass is 519 g/mol. The number of hydrogen-bond acceptors (Lipinski definition) is 8. The van der Waals surface area contributed by atoms with Crippen LogP contribution in [0.5, 0.6) is 0 Å². The Balaban J connectivity index is 0.000000325. The van der Waals surface area contributed by atoms with E-state index in [1.807, 2.05) is 30.3 Å². The summed E-state index contributed by atoms with van der Waals surface area (Å²) in [5.41, 5.74) is 0.926. The first-order valence-corrected chi connectivity index (χ1v) is 12.6. The molecule has 2 aliphatic heterocycles. The summed E-state index contributed by atoms with van der Waals surface area (Å²) < 4.78 is 21.1. The van der Waals surface area contributed by atoms with Crippen LogP contribution in [-0.4, -0.2) is 75.1 Å². The van der Waals surface area contributed by atoms with Crippen LogP contribution in [0.15, 0.2) is 48.5 Å². The Labute approximate surface area is 211 Å². The van der Waals surface area contributed by atoms with Gasteiger partial charge in [-0.15, -0.1) is 11.3 Å². The highest BCUT2D eigenvalue weighted by Crippen LogP contribution is 2.34. The summed E-state index contributed by atoms with van der Waals surface area (Å²) in [6.45, 7) is 0.355. The topological polar surface area (TPSA) is 139 Å². The molecule has 0 saturated carbocycles. The molecule has 0 radical (unpaired) electrons. The molecule has 1 unspecified atom stereocenters.